The highest BCUT2D eigenvalue weighted by Gasteiger charge is 2.29. The van der Waals surface area contributed by atoms with Crippen LogP contribution in [-0.4, -0.2) is 43.6 Å². The molecule has 1 aromatic carbocycles. The fourth-order valence-corrected chi connectivity index (χ4v) is 1.92. The van der Waals surface area contributed by atoms with Gasteiger partial charge in [-0.15, -0.1) is 24.0 Å². The number of rotatable bonds is 7. The lowest BCUT2D eigenvalue weighted by Gasteiger charge is -2.21. The van der Waals surface area contributed by atoms with Crippen molar-refractivity contribution < 1.29 is 13.2 Å². The molecule has 0 aromatic heterocycles. The number of likely N-dealkylation sites (N-methyl/N-ethyl adjacent to an activating group) is 1. The molecule has 144 valence electrons. The molecule has 4 nitrogen and oxygen atoms in total. The van der Waals surface area contributed by atoms with E-state index in [2.05, 4.69) is 41.4 Å². The van der Waals surface area contributed by atoms with Crippen molar-refractivity contribution in [2.75, 3.05) is 26.7 Å². The van der Waals surface area contributed by atoms with Crippen LogP contribution in [0.15, 0.2) is 29.3 Å². The Morgan fingerprint density at radius 3 is 2.24 bits per heavy atom. The van der Waals surface area contributed by atoms with Crippen LogP contribution in [0.25, 0.3) is 0 Å². The maximum Gasteiger partial charge on any atom is 0.416 e. The molecule has 0 amide bonds. The number of hydrogen-bond donors (Lipinski definition) is 2. The van der Waals surface area contributed by atoms with E-state index in [4.69, 9.17) is 0 Å². The summed E-state index contributed by atoms with van der Waals surface area (Å²) in [6.45, 7) is 8.89. The summed E-state index contributed by atoms with van der Waals surface area (Å²) in [4.78, 5) is 6.63. The first-order chi connectivity index (χ1) is 11.2. The zero-order chi connectivity index (χ0) is 18.2. The molecule has 0 aliphatic rings. The van der Waals surface area contributed by atoms with Crippen molar-refractivity contribution in [3.63, 3.8) is 0 Å². The van der Waals surface area contributed by atoms with E-state index >= 15 is 0 Å². The zero-order valence-corrected chi connectivity index (χ0v) is 17.5. The van der Waals surface area contributed by atoms with Gasteiger partial charge in [0.1, 0.15) is 0 Å². The molecule has 0 aliphatic heterocycles. The number of nitrogens with one attached hydrogen (secondary N) is 2. The van der Waals surface area contributed by atoms with Gasteiger partial charge in [-0.2, -0.15) is 13.2 Å². The monoisotopic (exact) mass is 472 g/mol. The van der Waals surface area contributed by atoms with Gasteiger partial charge in [-0.25, -0.2) is 4.99 Å². The van der Waals surface area contributed by atoms with Gasteiger partial charge in [-0.05, 0) is 45.5 Å². The molecule has 0 spiro atoms. The van der Waals surface area contributed by atoms with Gasteiger partial charge < -0.3 is 15.5 Å². The van der Waals surface area contributed by atoms with Gasteiger partial charge >= 0.3 is 6.18 Å². The molecule has 2 N–H and O–H groups in total. The van der Waals surface area contributed by atoms with E-state index in [0.29, 0.717) is 18.5 Å². The summed E-state index contributed by atoms with van der Waals surface area (Å²) < 4.78 is 37.6. The molecule has 0 bridgehead atoms. The van der Waals surface area contributed by atoms with Crippen molar-refractivity contribution in [1.29, 1.82) is 0 Å². The van der Waals surface area contributed by atoms with E-state index in [1.54, 1.807) is 0 Å². The molecule has 1 aromatic rings. The second-order valence-electron chi connectivity index (χ2n) is 5.89. The van der Waals surface area contributed by atoms with Crippen LogP contribution in [-0.2, 0) is 12.7 Å². The smallest absolute Gasteiger partial charge is 0.357 e. The molecule has 0 aliphatic carbocycles. The van der Waals surface area contributed by atoms with Crippen LogP contribution in [0.1, 0.15) is 31.9 Å². The van der Waals surface area contributed by atoms with Crippen LogP contribution in [0, 0.1) is 0 Å². The normalized spacial score (nSPS) is 12.3. The molecule has 0 radical (unpaired) electrons. The molecule has 0 fully saturated rings. The Morgan fingerprint density at radius 1 is 1.16 bits per heavy atom. The molecule has 8 heteroatoms. The van der Waals surface area contributed by atoms with E-state index < -0.39 is 11.7 Å². The van der Waals surface area contributed by atoms with E-state index in [9.17, 15) is 13.2 Å². The van der Waals surface area contributed by atoms with Gasteiger partial charge in [-0.1, -0.05) is 12.1 Å². The number of aliphatic imine (C=N–C) groups is 1. The van der Waals surface area contributed by atoms with Gasteiger partial charge in [0.2, 0.25) is 0 Å². The largest absolute Gasteiger partial charge is 0.416 e. The molecule has 1 rings (SSSR count). The third-order valence-corrected chi connectivity index (χ3v) is 3.68. The van der Waals surface area contributed by atoms with Crippen LogP contribution >= 0.6 is 24.0 Å². The Labute approximate surface area is 165 Å². The Kier molecular flexibility index (Phi) is 11.1. The highest BCUT2D eigenvalue weighted by Crippen LogP contribution is 2.29. The van der Waals surface area contributed by atoms with Crippen LogP contribution in [0.4, 0.5) is 13.2 Å². The van der Waals surface area contributed by atoms with Crippen LogP contribution in [0.5, 0.6) is 0 Å². The molecule has 0 heterocycles. The van der Waals surface area contributed by atoms with Crippen molar-refractivity contribution in [2.24, 2.45) is 4.99 Å². The number of guanidine groups is 1. The van der Waals surface area contributed by atoms with Crippen LogP contribution < -0.4 is 10.6 Å². The predicted molar refractivity (Wildman–Crippen MR) is 107 cm³/mol. The third kappa shape index (κ3) is 9.29. The van der Waals surface area contributed by atoms with Gasteiger partial charge in [0.15, 0.2) is 5.96 Å². The summed E-state index contributed by atoms with van der Waals surface area (Å²) in [5.74, 6) is 0.662. The second kappa shape index (κ2) is 11.6. The van der Waals surface area contributed by atoms with E-state index in [-0.39, 0.29) is 24.0 Å². The van der Waals surface area contributed by atoms with Crippen LogP contribution in [0.3, 0.4) is 0 Å². The first-order valence-electron chi connectivity index (χ1n) is 8.12. The molecular formula is C17H28F3IN4. The summed E-state index contributed by atoms with van der Waals surface area (Å²) in [6.07, 6.45) is -4.30. The minimum absolute atomic E-state index is 0. The topological polar surface area (TPSA) is 39.7 Å². The number of benzene rings is 1. The quantitative estimate of drug-likeness (QED) is 0.361. The second-order valence-corrected chi connectivity index (χ2v) is 5.89. The SMILES string of the molecule is CCNC(=NCc1ccc(C(F)(F)F)cc1)NCCN(C)C(C)C.I. The van der Waals surface area contributed by atoms with Crippen molar-refractivity contribution in [2.45, 2.75) is 39.5 Å². The molecule has 0 saturated heterocycles. The zero-order valence-electron chi connectivity index (χ0n) is 15.2. The third-order valence-electron chi connectivity index (χ3n) is 3.68. The summed E-state index contributed by atoms with van der Waals surface area (Å²) in [5, 5.41) is 6.36. The van der Waals surface area contributed by atoms with E-state index in [1.807, 2.05) is 6.92 Å². The van der Waals surface area contributed by atoms with Crippen LogP contribution in [0.2, 0.25) is 0 Å². The number of nitrogens with zero attached hydrogens (tertiary/aromatic N) is 2. The number of hydrogen-bond acceptors (Lipinski definition) is 2. The standard InChI is InChI=1S/C17H27F3N4.HI/c1-5-21-16(22-10-11-24(4)13(2)3)23-12-14-6-8-15(9-7-14)17(18,19)20;/h6-9,13H,5,10-12H2,1-4H3,(H2,21,22,23);1H. The maximum atomic E-state index is 12.5. The maximum absolute atomic E-state index is 12.5. The van der Waals surface area contributed by atoms with Gasteiger partial charge in [-0.3, -0.25) is 0 Å². The highest BCUT2D eigenvalue weighted by molar-refractivity contribution is 14.0. The Balaban J connectivity index is 0.00000576. The molecule has 25 heavy (non-hydrogen) atoms. The van der Waals surface area contributed by atoms with E-state index in [1.165, 1.54) is 12.1 Å². The summed E-state index contributed by atoms with van der Waals surface area (Å²) in [7, 11) is 2.05. The molecule has 0 atom stereocenters. The van der Waals surface area contributed by atoms with Crippen molar-refractivity contribution in [1.82, 2.24) is 15.5 Å². The lowest BCUT2D eigenvalue weighted by molar-refractivity contribution is -0.137. The first kappa shape index (κ1) is 24.0. The fourth-order valence-electron chi connectivity index (χ4n) is 1.92. The summed E-state index contributed by atoms with van der Waals surface area (Å²) in [5.41, 5.74) is 0.0940. The first-order valence-corrected chi connectivity index (χ1v) is 8.12. The van der Waals surface area contributed by atoms with Crippen molar-refractivity contribution in [3.8, 4) is 0 Å². The summed E-state index contributed by atoms with van der Waals surface area (Å²) >= 11 is 0. The highest BCUT2D eigenvalue weighted by atomic mass is 127. The van der Waals surface area contributed by atoms with Gasteiger partial charge in [0.25, 0.3) is 0 Å². The van der Waals surface area contributed by atoms with E-state index in [0.717, 1.165) is 37.3 Å². The minimum atomic E-state index is -4.30. The van der Waals surface area contributed by atoms with Crippen molar-refractivity contribution in [3.05, 3.63) is 35.4 Å². The van der Waals surface area contributed by atoms with Gasteiger partial charge in [0, 0.05) is 25.7 Å². The number of alkyl halides is 3. The minimum Gasteiger partial charge on any atom is -0.357 e. The predicted octanol–water partition coefficient (Wildman–Crippen LogP) is 3.72. The Morgan fingerprint density at radius 2 is 1.76 bits per heavy atom. The molecule has 0 unspecified atom stereocenters. The number of halogens is 4. The lowest BCUT2D eigenvalue weighted by atomic mass is 10.1. The molecular weight excluding hydrogens is 444 g/mol. The average Bonchev–Trinajstić information content (AvgIpc) is 2.51. The summed E-state index contributed by atoms with van der Waals surface area (Å²) in [6, 6.07) is 5.56. The Bertz CT molecular complexity index is 516. The fraction of sp³-hybridized carbons (Fsp3) is 0.588. The van der Waals surface area contributed by atoms with Gasteiger partial charge in [0.05, 0.1) is 12.1 Å². The van der Waals surface area contributed by atoms with Crippen molar-refractivity contribution >= 4 is 29.9 Å². The lowest BCUT2D eigenvalue weighted by Crippen LogP contribution is -2.42. The molecule has 0 saturated carbocycles. The average molecular weight is 472 g/mol. The Hall–Kier alpha value is -1.03.